The lowest BCUT2D eigenvalue weighted by atomic mass is 9.81. The fourth-order valence-electron chi connectivity index (χ4n) is 4.54. The molecule has 0 bridgehead atoms. The van der Waals surface area contributed by atoms with Gasteiger partial charge in [0, 0.05) is 40.4 Å². The van der Waals surface area contributed by atoms with E-state index in [0.717, 1.165) is 14.7 Å². The molecule has 3 heterocycles. The smallest absolute Gasteiger partial charge is 0.256 e. The second kappa shape index (κ2) is 9.19. The topological polar surface area (TPSA) is 53.5 Å². The van der Waals surface area contributed by atoms with Crippen molar-refractivity contribution in [3.8, 4) is 0 Å². The highest BCUT2D eigenvalue weighted by atomic mass is 127. The first-order valence-electron chi connectivity index (χ1n) is 10.4. The Morgan fingerprint density at radius 1 is 1.19 bits per heavy atom. The highest BCUT2D eigenvalue weighted by molar-refractivity contribution is 14.1. The monoisotopic (exact) mass is 559 g/mol. The molecule has 164 valence electrons. The van der Waals surface area contributed by atoms with Crippen molar-refractivity contribution in [1.29, 1.82) is 0 Å². The third-order valence-corrected chi connectivity index (χ3v) is 6.95. The number of carbonyl (C=O) groups excluding carboxylic acids is 2. The van der Waals surface area contributed by atoms with Gasteiger partial charge in [0.15, 0.2) is 0 Å². The van der Waals surface area contributed by atoms with Gasteiger partial charge in [-0.3, -0.25) is 9.59 Å². The molecule has 0 spiro atoms. The average Bonchev–Trinajstić information content (AvgIpc) is 3.18. The van der Waals surface area contributed by atoms with E-state index in [0.29, 0.717) is 30.6 Å². The Morgan fingerprint density at radius 3 is 2.59 bits per heavy atom. The molecule has 0 radical (unpaired) electrons. The van der Waals surface area contributed by atoms with Gasteiger partial charge in [-0.2, -0.15) is 0 Å². The summed E-state index contributed by atoms with van der Waals surface area (Å²) in [5.41, 5.74) is 2.08. The number of nitrogens with zero attached hydrogens (tertiary/aromatic N) is 3. The minimum atomic E-state index is -0.899. The summed E-state index contributed by atoms with van der Waals surface area (Å²) >= 11 is 8.33. The lowest BCUT2D eigenvalue weighted by Gasteiger charge is -2.48. The minimum Gasteiger partial charge on any atom is -0.309 e. The normalized spacial score (nSPS) is 23.4. The molecule has 2 aromatic rings. The largest absolute Gasteiger partial charge is 0.309 e. The summed E-state index contributed by atoms with van der Waals surface area (Å²) in [4.78, 5) is 35.1. The Morgan fingerprint density at radius 2 is 1.94 bits per heavy atom. The van der Waals surface area contributed by atoms with Crippen molar-refractivity contribution >= 4 is 46.0 Å². The van der Waals surface area contributed by atoms with Crippen LogP contribution in [-0.2, 0) is 10.5 Å². The molecule has 1 aromatic carbocycles. The summed E-state index contributed by atoms with van der Waals surface area (Å²) in [6.45, 7) is 4.75. The predicted molar refractivity (Wildman–Crippen MR) is 134 cm³/mol. The van der Waals surface area contributed by atoms with Gasteiger partial charge in [-0.1, -0.05) is 42.0 Å². The van der Waals surface area contributed by atoms with Crippen molar-refractivity contribution in [3.63, 3.8) is 0 Å². The van der Waals surface area contributed by atoms with Crippen molar-refractivity contribution in [2.24, 2.45) is 0 Å². The van der Waals surface area contributed by atoms with Crippen LogP contribution in [0.3, 0.4) is 0 Å². The Labute approximate surface area is 206 Å². The van der Waals surface area contributed by atoms with E-state index in [1.54, 1.807) is 12.1 Å². The number of rotatable bonds is 3. The standard InChI is InChI=1S/C25H23ClIN3O2/c1-3-5-6-21-17(4-2)16-25(19-7-9-20(27)10-8-19)29(13-14-30(25)24(21)32)23(31)18-11-12-28-22(26)15-18/h3-12,15H,13-14,16H2,1-2H3/b5-3-,17-4+,21-6+. The molecule has 2 aliphatic heterocycles. The third-order valence-electron chi connectivity index (χ3n) is 6.03. The number of benzene rings is 1. The molecule has 4 rings (SSSR count). The fourth-order valence-corrected chi connectivity index (χ4v) is 5.07. The van der Waals surface area contributed by atoms with Gasteiger partial charge in [-0.25, -0.2) is 4.98 Å². The van der Waals surface area contributed by atoms with E-state index >= 15 is 0 Å². The summed E-state index contributed by atoms with van der Waals surface area (Å²) in [5.74, 6) is -0.233. The molecule has 2 aliphatic rings. The lowest BCUT2D eigenvalue weighted by molar-refractivity contribution is -0.136. The number of hydrogen-bond acceptors (Lipinski definition) is 3. The van der Waals surface area contributed by atoms with E-state index in [-0.39, 0.29) is 17.0 Å². The maximum Gasteiger partial charge on any atom is 0.256 e. The lowest BCUT2D eigenvalue weighted by Crippen LogP contribution is -2.57. The van der Waals surface area contributed by atoms with Crippen LogP contribution in [0.1, 0.15) is 36.2 Å². The summed E-state index contributed by atoms with van der Waals surface area (Å²) in [5, 5.41) is 0.264. The van der Waals surface area contributed by atoms with Crippen molar-refractivity contribution in [2.75, 3.05) is 13.1 Å². The fraction of sp³-hybridized carbons (Fsp3) is 0.240. The van der Waals surface area contributed by atoms with Crippen LogP contribution in [-0.4, -0.2) is 39.7 Å². The summed E-state index contributed by atoms with van der Waals surface area (Å²) in [6, 6.07) is 11.3. The molecule has 0 N–H and O–H groups in total. The molecular weight excluding hydrogens is 537 g/mol. The van der Waals surface area contributed by atoms with Crippen molar-refractivity contribution in [3.05, 3.63) is 97.9 Å². The molecule has 7 heteroatoms. The number of allylic oxidation sites excluding steroid dienone is 4. The van der Waals surface area contributed by atoms with E-state index in [1.807, 2.05) is 72.2 Å². The van der Waals surface area contributed by atoms with Crippen molar-refractivity contribution in [2.45, 2.75) is 25.9 Å². The maximum absolute atomic E-state index is 13.7. The summed E-state index contributed by atoms with van der Waals surface area (Å²) in [7, 11) is 0. The van der Waals surface area contributed by atoms with E-state index in [2.05, 4.69) is 27.6 Å². The third kappa shape index (κ3) is 3.79. The maximum atomic E-state index is 13.7. The van der Waals surface area contributed by atoms with Crippen LogP contribution in [0, 0.1) is 3.57 Å². The Balaban J connectivity index is 1.89. The molecule has 5 nitrogen and oxygen atoms in total. The van der Waals surface area contributed by atoms with Crippen LogP contribution in [0.5, 0.6) is 0 Å². The van der Waals surface area contributed by atoms with Gasteiger partial charge in [-0.15, -0.1) is 0 Å². The number of halogens is 2. The number of aromatic nitrogens is 1. The van der Waals surface area contributed by atoms with E-state index < -0.39 is 5.66 Å². The van der Waals surface area contributed by atoms with Crippen molar-refractivity contribution in [1.82, 2.24) is 14.8 Å². The van der Waals surface area contributed by atoms with E-state index in [1.165, 1.54) is 6.20 Å². The molecule has 1 unspecified atom stereocenters. The molecule has 1 atom stereocenters. The number of pyridine rings is 1. The number of amides is 2. The zero-order valence-corrected chi connectivity index (χ0v) is 20.8. The first-order valence-corrected chi connectivity index (χ1v) is 11.9. The molecule has 32 heavy (non-hydrogen) atoms. The van der Waals surface area contributed by atoms with Gasteiger partial charge in [0.25, 0.3) is 11.8 Å². The van der Waals surface area contributed by atoms with Crippen LogP contribution < -0.4 is 0 Å². The van der Waals surface area contributed by atoms with Gasteiger partial charge >= 0.3 is 0 Å². The van der Waals surface area contributed by atoms with Crippen LogP contribution in [0.25, 0.3) is 0 Å². The number of hydrogen-bond donors (Lipinski definition) is 0. The molecule has 0 saturated carbocycles. The first-order chi connectivity index (χ1) is 15.4. The molecule has 2 saturated heterocycles. The van der Waals surface area contributed by atoms with Gasteiger partial charge in [0.2, 0.25) is 0 Å². The molecule has 2 fully saturated rings. The number of carbonyl (C=O) groups is 2. The Bertz CT molecular complexity index is 1160. The first kappa shape index (κ1) is 22.7. The minimum absolute atomic E-state index is 0.0657. The Kier molecular flexibility index (Phi) is 6.53. The molecule has 0 aliphatic carbocycles. The molecule has 2 amide bonds. The SMILES string of the molecule is C\C=C/C=C1/C(=O)N2CCN(C(=O)c3ccnc(Cl)c3)C2(c2ccc(I)cc2)C/C1=C\C. The van der Waals surface area contributed by atoms with E-state index in [9.17, 15) is 9.59 Å². The molecule has 1 aromatic heterocycles. The Hall–Kier alpha value is -2.45. The zero-order valence-electron chi connectivity index (χ0n) is 17.9. The van der Waals surface area contributed by atoms with Crippen molar-refractivity contribution < 1.29 is 9.59 Å². The van der Waals surface area contributed by atoms with Crippen LogP contribution in [0.15, 0.2) is 78.0 Å². The summed E-state index contributed by atoms with van der Waals surface area (Å²) < 4.78 is 1.09. The molecular formula is C25H23ClIN3O2. The van der Waals surface area contributed by atoms with Crippen LogP contribution in [0.4, 0.5) is 0 Å². The number of piperidine rings is 1. The highest BCUT2D eigenvalue weighted by Gasteiger charge is 2.56. The second-order valence-electron chi connectivity index (χ2n) is 7.70. The van der Waals surface area contributed by atoms with Gasteiger partial charge in [0.1, 0.15) is 10.8 Å². The predicted octanol–water partition coefficient (Wildman–Crippen LogP) is 5.33. The van der Waals surface area contributed by atoms with Gasteiger partial charge in [0.05, 0.1) is 0 Å². The zero-order chi connectivity index (χ0) is 22.9. The van der Waals surface area contributed by atoms with Crippen LogP contribution in [0.2, 0.25) is 5.15 Å². The van der Waals surface area contributed by atoms with Gasteiger partial charge < -0.3 is 9.80 Å². The average molecular weight is 560 g/mol. The van der Waals surface area contributed by atoms with Gasteiger partial charge in [-0.05, 0) is 77.9 Å². The van der Waals surface area contributed by atoms with Crippen LogP contribution >= 0.6 is 34.2 Å². The summed E-state index contributed by atoms with van der Waals surface area (Å²) in [6.07, 6.45) is 9.67. The highest BCUT2D eigenvalue weighted by Crippen LogP contribution is 2.48. The quantitative estimate of drug-likeness (QED) is 0.290. The number of fused-ring (bicyclic) bond motifs is 1. The second-order valence-corrected chi connectivity index (χ2v) is 9.33. The van der Waals surface area contributed by atoms with E-state index in [4.69, 9.17) is 11.6 Å².